The predicted octanol–water partition coefficient (Wildman–Crippen LogP) is 3.94. The summed E-state index contributed by atoms with van der Waals surface area (Å²) in [6.07, 6.45) is 0.812. The number of rotatable bonds is 3. The summed E-state index contributed by atoms with van der Waals surface area (Å²) in [6.45, 7) is 0. The Bertz CT molecular complexity index is 747. The van der Waals surface area contributed by atoms with Crippen molar-refractivity contribution in [2.45, 2.75) is 6.42 Å². The van der Waals surface area contributed by atoms with Crippen molar-refractivity contribution in [3.05, 3.63) is 58.3 Å². The van der Waals surface area contributed by atoms with Gasteiger partial charge < -0.3 is 9.30 Å². The maximum absolute atomic E-state index is 5.18. The first kappa shape index (κ1) is 13.2. The van der Waals surface area contributed by atoms with Crippen LogP contribution in [0.5, 0.6) is 5.75 Å². The van der Waals surface area contributed by atoms with Crippen molar-refractivity contribution in [2.75, 3.05) is 7.11 Å². The van der Waals surface area contributed by atoms with Crippen molar-refractivity contribution < 1.29 is 4.74 Å². The zero-order valence-electron chi connectivity index (χ0n) is 11.4. The Morgan fingerprint density at radius 1 is 1.15 bits per heavy atom. The molecule has 0 amide bonds. The molecule has 0 saturated heterocycles. The molecule has 0 fully saturated rings. The maximum Gasteiger partial charge on any atom is 0.118 e. The third kappa shape index (κ3) is 2.43. The molecule has 4 heteroatoms. The molecule has 0 unspecified atom stereocenters. The molecule has 1 heterocycles. The number of ether oxygens (including phenoxy) is 1. The van der Waals surface area contributed by atoms with Crippen LogP contribution in [0.2, 0.25) is 0 Å². The number of hydrogen-bond donors (Lipinski definition) is 0. The molecule has 0 aliphatic rings. The average Bonchev–Trinajstić information content (AvgIpc) is 2.76. The molecule has 2 aromatic carbocycles. The second-order valence-corrected chi connectivity index (χ2v) is 5.66. The summed E-state index contributed by atoms with van der Waals surface area (Å²) in [5.41, 5.74) is 3.39. The van der Waals surface area contributed by atoms with Crippen LogP contribution in [0, 0.1) is 0 Å². The summed E-state index contributed by atoms with van der Waals surface area (Å²) in [4.78, 5) is 4.70. The van der Waals surface area contributed by atoms with Crippen LogP contribution < -0.4 is 4.74 Å². The molecule has 3 nitrogen and oxygen atoms in total. The number of fused-ring (bicyclic) bond motifs is 1. The van der Waals surface area contributed by atoms with E-state index in [1.54, 1.807) is 7.11 Å². The van der Waals surface area contributed by atoms with Crippen LogP contribution >= 0.6 is 15.9 Å². The minimum Gasteiger partial charge on any atom is -0.497 e. The fourth-order valence-electron chi connectivity index (χ4n) is 2.30. The van der Waals surface area contributed by atoms with E-state index in [1.165, 1.54) is 5.56 Å². The summed E-state index contributed by atoms with van der Waals surface area (Å²) in [7, 11) is 3.74. The van der Waals surface area contributed by atoms with Crippen molar-refractivity contribution in [1.82, 2.24) is 9.55 Å². The van der Waals surface area contributed by atoms with E-state index in [0.717, 1.165) is 33.5 Å². The molecule has 20 heavy (non-hydrogen) atoms. The highest BCUT2D eigenvalue weighted by Crippen LogP contribution is 2.22. The molecular formula is C16H15BrN2O. The second-order valence-electron chi connectivity index (χ2n) is 4.74. The van der Waals surface area contributed by atoms with E-state index < -0.39 is 0 Å². The zero-order chi connectivity index (χ0) is 14.1. The van der Waals surface area contributed by atoms with Crippen LogP contribution in [-0.4, -0.2) is 16.7 Å². The van der Waals surface area contributed by atoms with E-state index in [1.807, 2.05) is 24.3 Å². The molecule has 3 rings (SSSR count). The van der Waals surface area contributed by atoms with Gasteiger partial charge in [0, 0.05) is 17.9 Å². The first-order chi connectivity index (χ1) is 9.67. The quantitative estimate of drug-likeness (QED) is 0.727. The highest BCUT2D eigenvalue weighted by molar-refractivity contribution is 9.10. The summed E-state index contributed by atoms with van der Waals surface area (Å²) in [6, 6.07) is 14.3. The molecule has 0 aliphatic heterocycles. The van der Waals surface area contributed by atoms with Crippen LogP contribution in [0.25, 0.3) is 11.0 Å². The van der Waals surface area contributed by atoms with Crippen LogP contribution in [0.1, 0.15) is 11.4 Å². The molecule has 0 spiro atoms. The van der Waals surface area contributed by atoms with Crippen molar-refractivity contribution in [3.63, 3.8) is 0 Å². The number of aromatic nitrogens is 2. The number of aryl methyl sites for hydroxylation is 1. The van der Waals surface area contributed by atoms with Gasteiger partial charge in [0.15, 0.2) is 0 Å². The van der Waals surface area contributed by atoms with Crippen molar-refractivity contribution in [3.8, 4) is 5.75 Å². The van der Waals surface area contributed by atoms with Crippen LogP contribution in [0.4, 0.5) is 0 Å². The molecular weight excluding hydrogens is 316 g/mol. The Morgan fingerprint density at radius 3 is 2.60 bits per heavy atom. The number of methoxy groups -OCH3 is 1. The average molecular weight is 331 g/mol. The van der Waals surface area contributed by atoms with E-state index in [9.17, 15) is 0 Å². The Balaban J connectivity index is 1.95. The number of hydrogen-bond acceptors (Lipinski definition) is 2. The molecule has 0 saturated carbocycles. The summed E-state index contributed by atoms with van der Waals surface area (Å²) < 4.78 is 8.39. The number of imidazole rings is 1. The molecule has 0 N–H and O–H groups in total. The molecule has 102 valence electrons. The first-order valence-electron chi connectivity index (χ1n) is 6.41. The Hall–Kier alpha value is -1.81. The fourth-order valence-corrected chi connectivity index (χ4v) is 2.65. The van der Waals surface area contributed by atoms with Crippen LogP contribution in [-0.2, 0) is 13.5 Å². The van der Waals surface area contributed by atoms with Gasteiger partial charge in [-0.3, -0.25) is 0 Å². The molecule has 0 atom stereocenters. The molecule has 0 radical (unpaired) electrons. The number of benzene rings is 2. The normalized spacial score (nSPS) is 10.9. The van der Waals surface area contributed by atoms with Gasteiger partial charge in [0.05, 0.1) is 18.1 Å². The topological polar surface area (TPSA) is 27.1 Å². The van der Waals surface area contributed by atoms with E-state index in [-0.39, 0.29) is 0 Å². The van der Waals surface area contributed by atoms with Gasteiger partial charge in [-0.1, -0.05) is 28.1 Å². The monoisotopic (exact) mass is 330 g/mol. The Labute approximate surface area is 126 Å². The minimum absolute atomic E-state index is 0.812. The van der Waals surface area contributed by atoms with Gasteiger partial charge in [0.1, 0.15) is 11.6 Å². The van der Waals surface area contributed by atoms with Crippen molar-refractivity contribution in [1.29, 1.82) is 0 Å². The summed E-state index contributed by atoms with van der Waals surface area (Å²) in [5.74, 6) is 1.94. The second kappa shape index (κ2) is 5.29. The highest BCUT2D eigenvalue weighted by Gasteiger charge is 2.08. The lowest BCUT2D eigenvalue weighted by molar-refractivity contribution is 0.414. The lowest BCUT2D eigenvalue weighted by atomic mass is 10.1. The summed E-state index contributed by atoms with van der Waals surface area (Å²) >= 11 is 3.50. The van der Waals surface area contributed by atoms with E-state index in [4.69, 9.17) is 9.72 Å². The van der Waals surface area contributed by atoms with E-state index >= 15 is 0 Å². The van der Waals surface area contributed by atoms with Gasteiger partial charge in [0.2, 0.25) is 0 Å². The Kier molecular flexibility index (Phi) is 3.49. The SMILES string of the molecule is COc1ccc(Cc2nc3ccc(Br)cc3n2C)cc1. The Morgan fingerprint density at radius 2 is 1.90 bits per heavy atom. The van der Waals surface area contributed by atoms with Gasteiger partial charge in [-0.05, 0) is 35.9 Å². The van der Waals surface area contributed by atoms with Gasteiger partial charge in [-0.15, -0.1) is 0 Å². The van der Waals surface area contributed by atoms with Crippen molar-refractivity contribution in [2.24, 2.45) is 7.05 Å². The molecule has 3 aromatic rings. The van der Waals surface area contributed by atoms with Crippen LogP contribution in [0.15, 0.2) is 46.9 Å². The lowest BCUT2D eigenvalue weighted by Crippen LogP contribution is -1.99. The van der Waals surface area contributed by atoms with E-state index in [0.29, 0.717) is 0 Å². The van der Waals surface area contributed by atoms with Gasteiger partial charge in [-0.25, -0.2) is 4.98 Å². The predicted molar refractivity (Wildman–Crippen MR) is 84.2 cm³/mol. The number of halogens is 1. The molecule has 0 bridgehead atoms. The summed E-state index contributed by atoms with van der Waals surface area (Å²) in [5, 5.41) is 0. The highest BCUT2D eigenvalue weighted by atomic mass is 79.9. The largest absolute Gasteiger partial charge is 0.497 e. The molecule has 0 aliphatic carbocycles. The third-order valence-electron chi connectivity index (χ3n) is 3.46. The first-order valence-corrected chi connectivity index (χ1v) is 7.20. The van der Waals surface area contributed by atoms with E-state index in [2.05, 4.69) is 45.7 Å². The maximum atomic E-state index is 5.18. The molecule has 1 aromatic heterocycles. The lowest BCUT2D eigenvalue weighted by Gasteiger charge is -2.04. The van der Waals surface area contributed by atoms with Gasteiger partial charge in [0.25, 0.3) is 0 Å². The smallest absolute Gasteiger partial charge is 0.118 e. The minimum atomic E-state index is 0.812. The fraction of sp³-hybridized carbons (Fsp3) is 0.188. The van der Waals surface area contributed by atoms with Gasteiger partial charge in [-0.2, -0.15) is 0 Å². The standard InChI is InChI=1S/C16H15BrN2O/c1-19-15-10-12(17)5-8-14(15)18-16(19)9-11-3-6-13(20-2)7-4-11/h3-8,10H,9H2,1-2H3. The number of nitrogens with zero attached hydrogens (tertiary/aromatic N) is 2. The van der Waals surface area contributed by atoms with Gasteiger partial charge >= 0.3 is 0 Å². The van der Waals surface area contributed by atoms with Crippen molar-refractivity contribution >= 4 is 27.0 Å². The third-order valence-corrected chi connectivity index (χ3v) is 3.95. The van der Waals surface area contributed by atoms with Crippen LogP contribution in [0.3, 0.4) is 0 Å². The zero-order valence-corrected chi connectivity index (χ0v) is 13.0.